The van der Waals surface area contributed by atoms with Gasteiger partial charge in [0.2, 0.25) is 0 Å². The fourth-order valence-electron chi connectivity index (χ4n) is 1.68. The summed E-state index contributed by atoms with van der Waals surface area (Å²) in [6.07, 6.45) is 0. The molecule has 6 heteroatoms. The molecule has 0 heterocycles. The van der Waals surface area contributed by atoms with Gasteiger partial charge in [-0.3, -0.25) is 4.79 Å². The van der Waals surface area contributed by atoms with Crippen LogP contribution in [0, 0.1) is 0 Å². The molecule has 5 nitrogen and oxygen atoms in total. The molecule has 0 saturated heterocycles. The van der Waals surface area contributed by atoms with E-state index in [1.165, 1.54) is 0 Å². The second kappa shape index (κ2) is 8.81. The monoisotopic (exact) mass is 345 g/mol. The van der Waals surface area contributed by atoms with Crippen LogP contribution >= 0.6 is 15.9 Å². The number of carbonyl (C=O) groups excluding carboxylic acids is 1. The number of hydrogen-bond acceptors (Lipinski definition) is 5. The molecule has 0 aliphatic rings. The molecule has 0 aliphatic carbocycles. The van der Waals surface area contributed by atoms with Crippen LogP contribution in [0.4, 0.5) is 0 Å². The SMILES string of the molecule is CCOC(=O)CNCc1cc(Br)c(OCC)c(OC)c1. The van der Waals surface area contributed by atoms with Crippen molar-refractivity contribution in [1.82, 2.24) is 5.32 Å². The largest absolute Gasteiger partial charge is 0.493 e. The van der Waals surface area contributed by atoms with E-state index in [1.54, 1.807) is 14.0 Å². The Hall–Kier alpha value is -1.27. The maximum atomic E-state index is 11.2. The van der Waals surface area contributed by atoms with Crippen LogP contribution in [0.3, 0.4) is 0 Å². The van der Waals surface area contributed by atoms with E-state index in [-0.39, 0.29) is 12.5 Å². The van der Waals surface area contributed by atoms with Crippen LogP contribution in [-0.2, 0) is 16.1 Å². The summed E-state index contributed by atoms with van der Waals surface area (Å²) in [7, 11) is 1.60. The first-order chi connectivity index (χ1) is 9.62. The first-order valence-electron chi connectivity index (χ1n) is 6.47. The number of carbonyl (C=O) groups is 1. The molecule has 0 atom stereocenters. The highest BCUT2D eigenvalue weighted by molar-refractivity contribution is 9.10. The number of benzene rings is 1. The van der Waals surface area contributed by atoms with Crippen molar-refractivity contribution >= 4 is 21.9 Å². The van der Waals surface area contributed by atoms with Crippen LogP contribution in [-0.4, -0.2) is 32.8 Å². The van der Waals surface area contributed by atoms with Crippen LogP contribution < -0.4 is 14.8 Å². The Balaban J connectivity index is 2.67. The van der Waals surface area contributed by atoms with Gasteiger partial charge in [-0.25, -0.2) is 0 Å². The zero-order valence-electron chi connectivity index (χ0n) is 12.0. The lowest BCUT2D eigenvalue weighted by molar-refractivity contribution is -0.142. The molecule has 1 aromatic rings. The lowest BCUT2D eigenvalue weighted by atomic mass is 10.2. The molecule has 1 N–H and O–H groups in total. The molecule has 0 aromatic heterocycles. The molecule has 1 aromatic carbocycles. The van der Waals surface area contributed by atoms with E-state index in [0.717, 1.165) is 10.0 Å². The first-order valence-corrected chi connectivity index (χ1v) is 7.27. The molecule has 0 fully saturated rings. The van der Waals surface area contributed by atoms with Crippen LogP contribution in [0.1, 0.15) is 19.4 Å². The Morgan fingerprint density at radius 2 is 2.05 bits per heavy atom. The minimum atomic E-state index is -0.260. The third-order valence-electron chi connectivity index (χ3n) is 2.48. The number of ether oxygens (including phenoxy) is 3. The molecule has 1 rings (SSSR count). The summed E-state index contributed by atoms with van der Waals surface area (Å²) in [6.45, 7) is 5.38. The van der Waals surface area contributed by atoms with Gasteiger partial charge >= 0.3 is 5.97 Å². The second-order valence-corrected chi connectivity index (χ2v) is 4.80. The second-order valence-electron chi connectivity index (χ2n) is 3.95. The van der Waals surface area contributed by atoms with Gasteiger partial charge in [-0.15, -0.1) is 0 Å². The van der Waals surface area contributed by atoms with Crippen molar-refractivity contribution in [3.05, 3.63) is 22.2 Å². The van der Waals surface area contributed by atoms with E-state index in [9.17, 15) is 4.79 Å². The van der Waals surface area contributed by atoms with Gasteiger partial charge in [-0.05, 0) is 47.5 Å². The highest BCUT2D eigenvalue weighted by atomic mass is 79.9. The Bertz CT molecular complexity index is 451. The Labute approximate surface area is 127 Å². The van der Waals surface area contributed by atoms with Gasteiger partial charge in [-0.2, -0.15) is 0 Å². The smallest absolute Gasteiger partial charge is 0.319 e. The van der Waals surface area contributed by atoms with Gasteiger partial charge in [0, 0.05) is 6.54 Å². The number of halogens is 1. The topological polar surface area (TPSA) is 56.8 Å². The Morgan fingerprint density at radius 1 is 1.30 bits per heavy atom. The third-order valence-corrected chi connectivity index (χ3v) is 3.07. The van der Waals surface area contributed by atoms with Crippen molar-refractivity contribution in [2.24, 2.45) is 0 Å². The standard InChI is InChI=1S/C14H20BrNO4/c1-4-19-13(17)9-16-8-10-6-11(15)14(20-5-2)12(7-10)18-3/h6-7,16H,4-5,8-9H2,1-3H3. The minimum absolute atomic E-state index is 0.182. The fourth-order valence-corrected chi connectivity index (χ4v) is 2.28. The molecule has 0 saturated carbocycles. The average Bonchev–Trinajstić information content (AvgIpc) is 2.41. The van der Waals surface area contributed by atoms with E-state index in [1.807, 2.05) is 19.1 Å². The van der Waals surface area contributed by atoms with Crippen LogP contribution in [0.25, 0.3) is 0 Å². The first kappa shape index (κ1) is 16.8. The lowest BCUT2D eigenvalue weighted by Gasteiger charge is -2.13. The number of methoxy groups -OCH3 is 1. The van der Waals surface area contributed by atoms with Crippen molar-refractivity contribution < 1.29 is 19.0 Å². The molecule has 0 aliphatic heterocycles. The summed E-state index contributed by atoms with van der Waals surface area (Å²) >= 11 is 3.46. The molecule has 0 bridgehead atoms. The Kier molecular flexibility index (Phi) is 7.40. The van der Waals surface area contributed by atoms with Gasteiger partial charge in [0.15, 0.2) is 11.5 Å². The molecule has 0 spiro atoms. The Morgan fingerprint density at radius 3 is 2.65 bits per heavy atom. The predicted molar refractivity (Wildman–Crippen MR) is 80.2 cm³/mol. The number of esters is 1. The molecule has 20 heavy (non-hydrogen) atoms. The summed E-state index contributed by atoms with van der Waals surface area (Å²) in [5.74, 6) is 1.09. The molecule has 112 valence electrons. The zero-order chi connectivity index (χ0) is 15.0. The number of rotatable bonds is 8. The van der Waals surface area contributed by atoms with Gasteiger partial charge in [0.1, 0.15) is 0 Å². The van der Waals surface area contributed by atoms with Crippen LogP contribution in [0.5, 0.6) is 11.5 Å². The number of nitrogens with one attached hydrogen (secondary N) is 1. The third kappa shape index (κ3) is 5.02. The van der Waals surface area contributed by atoms with E-state index in [2.05, 4.69) is 21.2 Å². The van der Waals surface area contributed by atoms with E-state index >= 15 is 0 Å². The maximum absolute atomic E-state index is 11.2. The summed E-state index contributed by atoms with van der Waals surface area (Å²) in [6, 6.07) is 3.82. The average molecular weight is 346 g/mol. The van der Waals surface area contributed by atoms with Gasteiger partial charge in [0.25, 0.3) is 0 Å². The minimum Gasteiger partial charge on any atom is -0.493 e. The lowest BCUT2D eigenvalue weighted by Crippen LogP contribution is -2.24. The summed E-state index contributed by atoms with van der Waals surface area (Å²) < 4.78 is 16.5. The van der Waals surface area contributed by atoms with Crippen molar-refractivity contribution in [2.75, 3.05) is 26.9 Å². The quantitative estimate of drug-likeness (QED) is 0.733. The van der Waals surface area contributed by atoms with Crippen molar-refractivity contribution in [3.63, 3.8) is 0 Å². The molecule has 0 amide bonds. The molecular formula is C14H20BrNO4. The van der Waals surface area contributed by atoms with Crippen molar-refractivity contribution in [2.45, 2.75) is 20.4 Å². The normalized spacial score (nSPS) is 10.2. The van der Waals surface area contributed by atoms with Gasteiger partial charge < -0.3 is 19.5 Å². The van der Waals surface area contributed by atoms with E-state index in [4.69, 9.17) is 14.2 Å². The van der Waals surface area contributed by atoms with E-state index in [0.29, 0.717) is 31.3 Å². The highest BCUT2D eigenvalue weighted by Crippen LogP contribution is 2.36. The molecule has 0 unspecified atom stereocenters. The van der Waals surface area contributed by atoms with E-state index < -0.39 is 0 Å². The van der Waals surface area contributed by atoms with Crippen LogP contribution in [0.2, 0.25) is 0 Å². The highest BCUT2D eigenvalue weighted by Gasteiger charge is 2.11. The predicted octanol–water partition coefficient (Wildman–Crippen LogP) is 2.51. The summed E-state index contributed by atoms with van der Waals surface area (Å²) in [5, 5.41) is 3.02. The van der Waals surface area contributed by atoms with Crippen molar-refractivity contribution in [1.29, 1.82) is 0 Å². The van der Waals surface area contributed by atoms with Crippen LogP contribution in [0.15, 0.2) is 16.6 Å². The van der Waals surface area contributed by atoms with Crippen molar-refractivity contribution in [3.8, 4) is 11.5 Å². The maximum Gasteiger partial charge on any atom is 0.319 e. The molecular weight excluding hydrogens is 326 g/mol. The molecule has 0 radical (unpaired) electrons. The number of hydrogen-bond donors (Lipinski definition) is 1. The summed E-state index contributed by atoms with van der Waals surface area (Å²) in [4.78, 5) is 11.2. The van der Waals surface area contributed by atoms with Gasteiger partial charge in [-0.1, -0.05) is 0 Å². The summed E-state index contributed by atoms with van der Waals surface area (Å²) in [5.41, 5.74) is 0.987. The fraction of sp³-hybridized carbons (Fsp3) is 0.500. The zero-order valence-corrected chi connectivity index (χ0v) is 13.6. The van der Waals surface area contributed by atoms with Gasteiger partial charge in [0.05, 0.1) is 31.3 Å².